The number of alkyl halides is 3. The standard InChI is InChI=1S/C14H16F4N2O/c1-10(14(16,17)18)8-19-9-20-13(4)21-12(3)7-5-6-11(2)15/h5-7,9H,1-2,8H2,3-4H3/b6-5-,12-7+,19-9?,20-13?. The fourth-order valence-electron chi connectivity index (χ4n) is 0.944. The average Bonchev–Trinajstić information content (AvgIpc) is 2.32. The van der Waals surface area contributed by atoms with Gasteiger partial charge in [0.25, 0.3) is 0 Å². The van der Waals surface area contributed by atoms with E-state index in [1.165, 1.54) is 19.1 Å². The Morgan fingerprint density at radius 1 is 1.24 bits per heavy atom. The highest BCUT2D eigenvalue weighted by Gasteiger charge is 2.31. The SMILES string of the molecule is C=C(F)/C=C\C=C(/C)OC(C)=NC=NCC(=C)C(F)(F)F. The maximum Gasteiger partial charge on any atom is 0.413 e. The van der Waals surface area contributed by atoms with Crippen LogP contribution >= 0.6 is 0 Å². The molecule has 7 heteroatoms. The zero-order valence-corrected chi connectivity index (χ0v) is 11.7. The molecule has 0 saturated carbocycles. The smallest absolute Gasteiger partial charge is 0.413 e. The Kier molecular flexibility index (Phi) is 7.96. The van der Waals surface area contributed by atoms with Crippen LogP contribution in [0.2, 0.25) is 0 Å². The van der Waals surface area contributed by atoms with Gasteiger partial charge < -0.3 is 4.74 Å². The second-order valence-corrected chi connectivity index (χ2v) is 3.89. The molecule has 0 aliphatic heterocycles. The first kappa shape index (κ1) is 18.8. The van der Waals surface area contributed by atoms with E-state index in [1.807, 2.05) is 0 Å². The van der Waals surface area contributed by atoms with Gasteiger partial charge in [-0.1, -0.05) is 19.2 Å². The van der Waals surface area contributed by atoms with Crippen LogP contribution in [0.15, 0.2) is 58.5 Å². The quantitative estimate of drug-likeness (QED) is 0.177. The molecule has 0 fully saturated rings. The molecular formula is C14H16F4N2O. The van der Waals surface area contributed by atoms with Gasteiger partial charge in [0.15, 0.2) is 5.90 Å². The predicted octanol–water partition coefficient (Wildman–Crippen LogP) is 4.51. The van der Waals surface area contributed by atoms with Crippen molar-refractivity contribution in [3.05, 3.63) is 48.5 Å². The van der Waals surface area contributed by atoms with Crippen molar-refractivity contribution in [1.82, 2.24) is 0 Å². The van der Waals surface area contributed by atoms with Gasteiger partial charge in [-0.05, 0) is 19.1 Å². The fraction of sp³-hybridized carbons (Fsp3) is 0.286. The van der Waals surface area contributed by atoms with Crippen LogP contribution in [0.1, 0.15) is 13.8 Å². The summed E-state index contributed by atoms with van der Waals surface area (Å²) in [6.07, 6.45) is 0.514. The molecule has 0 amide bonds. The average molecular weight is 304 g/mol. The van der Waals surface area contributed by atoms with Crippen molar-refractivity contribution in [3.8, 4) is 0 Å². The minimum Gasteiger partial charge on any atom is -0.448 e. The summed E-state index contributed by atoms with van der Waals surface area (Å²) < 4.78 is 53.8. The van der Waals surface area contributed by atoms with Gasteiger partial charge in [-0.15, -0.1) is 0 Å². The van der Waals surface area contributed by atoms with Crippen molar-refractivity contribution in [1.29, 1.82) is 0 Å². The van der Waals surface area contributed by atoms with Gasteiger partial charge in [0.2, 0.25) is 0 Å². The minimum atomic E-state index is -4.46. The molecule has 0 saturated heterocycles. The molecular weight excluding hydrogens is 288 g/mol. The topological polar surface area (TPSA) is 34.0 Å². The van der Waals surface area contributed by atoms with Gasteiger partial charge in [-0.2, -0.15) is 13.2 Å². The lowest BCUT2D eigenvalue weighted by Crippen LogP contribution is -2.12. The second kappa shape index (κ2) is 8.89. The van der Waals surface area contributed by atoms with Crippen molar-refractivity contribution < 1.29 is 22.3 Å². The molecule has 0 aliphatic carbocycles. The van der Waals surface area contributed by atoms with Gasteiger partial charge in [0.05, 0.1) is 6.54 Å². The molecule has 0 N–H and O–H groups in total. The number of nitrogens with zero attached hydrogens (tertiary/aromatic N) is 2. The van der Waals surface area contributed by atoms with E-state index in [-0.39, 0.29) is 5.90 Å². The van der Waals surface area contributed by atoms with E-state index in [9.17, 15) is 17.6 Å². The highest BCUT2D eigenvalue weighted by molar-refractivity contribution is 5.82. The van der Waals surface area contributed by atoms with E-state index >= 15 is 0 Å². The van der Waals surface area contributed by atoms with Crippen molar-refractivity contribution >= 4 is 12.2 Å². The van der Waals surface area contributed by atoms with E-state index < -0.39 is 24.1 Å². The van der Waals surface area contributed by atoms with Crippen molar-refractivity contribution in [2.24, 2.45) is 9.98 Å². The van der Waals surface area contributed by atoms with E-state index in [2.05, 4.69) is 23.1 Å². The van der Waals surface area contributed by atoms with Crippen molar-refractivity contribution in [2.45, 2.75) is 20.0 Å². The Morgan fingerprint density at radius 3 is 2.38 bits per heavy atom. The summed E-state index contributed by atoms with van der Waals surface area (Å²) in [5, 5.41) is 0. The first-order valence-electron chi connectivity index (χ1n) is 5.78. The van der Waals surface area contributed by atoms with Crippen LogP contribution in [0, 0.1) is 0 Å². The number of halogens is 4. The molecule has 0 aromatic carbocycles. The third kappa shape index (κ3) is 10.3. The number of aliphatic imine (C=N–C) groups is 2. The van der Waals surface area contributed by atoms with Crippen molar-refractivity contribution in [3.63, 3.8) is 0 Å². The largest absolute Gasteiger partial charge is 0.448 e. The molecule has 0 aromatic heterocycles. The van der Waals surface area contributed by atoms with Gasteiger partial charge in [-0.3, -0.25) is 4.99 Å². The van der Waals surface area contributed by atoms with Crippen LogP contribution in [-0.2, 0) is 4.74 Å². The molecule has 0 aromatic rings. The Labute approximate surface area is 120 Å². The lowest BCUT2D eigenvalue weighted by atomic mass is 10.3. The number of hydrogen-bond donors (Lipinski definition) is 0. The van der Waals surface area contributed by atoms with Gasteiger partial charge >= 0.3 is 6.18 Å². The molecule has 116 valence electrons. The van der Waals surface area contributed by atoms with E-state index in [4.69, 9.17) is 4.74 Å². The van der Waals surface area contributed by atoms with Crippen LogP contribution in [0.5, 0.6) is 0 Å². The van der Waals surface area contributed by atoms with Crippen LogP contribution in [0.4, 0.5) is 17.6 Å². The lowest BCUT2D eigenvalue weighted by Gasteiger charge is -2.06. The highest BCUT2D eigenvalue weighted by atomic mass is 19.4. The summed E-state index contributed by atoms with van der Waals surface area (Å²) in [4.78, 5) is 7.16. The van der Waals surface area contributed by atoms with Gasteiger partial charge in [0.1, 0.15) is 17.9 Å². The zero-order chi connectivity index (χ0) is 16.5. The predicted molar refractivity (Wildman–Crippen MR) is 75.9 cm³/mol. The molecule has 0 radical (unpaired) electrons. The highest BCUT2D eigenvalue weighted by Crippen LogP contribution is 2.23. The van der Waals surface area contributed by atoms with E-state index in [0.717, 1.165) is 12.4 Å². The monoisotopic (exact) mass is 304 g/mol. The molecule has 21 heavy (non-hydrogen) atoms. The number of rotatable bonds is 6. The first-order valence-corrected chi connectivity index (χ1v) is 5.78. The number of hydrogen-bond acceptors (Lipinski definition) is 2. The van der Waals surface area contributed by atoms with Crippen LogP contribution in [0.3, 0.4) is 0 Å². The summed E-state index contributed by atoms with van der Waals surface area (Å²) in [6, 6.07) is 0. The molecule has 0 spiro atoms. The van der Waals surface area contributed by atoms with Crippen LogP contribution in [0.25, 0.3) is 0 Å². The Bertz CT molecular complexity index is 500. The Morgan fingerprint density at radius 2 is 1.86 bits per heavy atom. The fourth-order valence-corrected chi connectivity index (χ4v) is 0.944. The lowest BCUT2D eigenvalue weighted by molar-refractivity contribution is -0.0917. The van der Waals surface area contributed by atoms with Crippen molar-refractivity contribution in [2.75, 3.05) is 6.54 Å². The van der Waals surface area contributed by atoms with E-state index in [1.54, 1.807) is 6.92 Å². The van der Waals surface area contributed by atoms with Gasteiger partial charge in [0, 0.05) is 12.5 Å². The minimum absolute atomic E-state index is 0.178. The summed E-state index contributed by atoms with van der Waals surface area (Å²) in [5.41, 5.74) is -0.958. The summed E-state index contributed by atoms with van der Waals surface area (Å²) in [7, 11) is 0. The molecule has 0 bridgehead atoms. The molecule has 3 nitrogen and oxygen atoms in total. The maximum atomic E-state index is 12.3. The molecule has 0 rings (SSSR count). The zero-order valence-electron chi connectivity index (χ0n) is 11.7. The summed E-state index contributed by atoms with van der Waals surface area (Å²) in [6.45, 7) is 8.43. The Hall–Kier alpha value is -2.18. The van der Waals surface area contributed by atoms with Gasteiger partial charge in [-0.25, -0.2) is 9.38 Å². The van der Waals surface area contributed by atoms with Crippen LogP contribution < -0.4 is 0 Å². The molecule has 0 aliphatic rings. The first-order chi connectivity index (χ1) is 9.62. The third-order valence-electron chi connectivity index (χ3n) is 1.92. The maximum absolute atomic E-state index is 12.3. The summed E-state index contributed by atoms with van der Waals surface area (Å²) >= 11 is 0. The molecule has 0 heterocycles. The second-order valence-electron chi connectivity index (χ2n) is 3.89. The van der Waals surface area contributed by atoms with Crippen LogP contribution in [-0.4, -0.2) is 25.0 Å². The van der Waals surface area contributed by atoms with E-state index in [0.29, 0.717) is 5.76 Å². The molecule has 0 unspecified atom stereocenters. The molecule has 0 atom stereocenters. The summed E-state index contributed by atoms with van der Waals surface area (Å²) in [5.74, 6) is 0.000846. The number of ether oxygens (including phenoxy) is 1. The normalized spacial score (nSPS) is 14.0. The number of allylic oxidation sites excluding steroid dienone is 5. The third-order valence-corrected chi connectivity index (χ3v) is 1.92. The Balaban J connectivity index is 4.37.